The lowest BCUT2D eigenvalue weighted by molar-refractivity contribution is 0.416. The zero-order valence-electron chi connectivity index (χ0n) is 10.5. The standard InChI is InChI=1S/C15H16FNO/c1-17-10-11-9-12(16)7-8-13(11)14-5-3-4-6-15(14)18-2/h3-9,17H,10H2,1-2H3. The third-order valence-electron chi connectivity index (χ3n) is 2.83. The predicted octanol–water partition coefficient (Wildman–Crippen LogP) is 3.22. The highest BCUT2D eigenvalue weighted by Crippen LogP contribution is 2.32. The van der Waals surface area contributed by atoms with Crippen LogP contribution in [-0.2, 0) is 6.54 Å². The van der Waals surface area contributed by atoms with Gasteiger partial charge in [0.1, 0.15) is 11.6 Å². The molecule has 3 heteroatoms. The van der Waals surface area contributed by atoms with Gasteiger partial charge in [0.05, 0.1) is 7.11 Å². The van der Waals surface area contributed by atoms with Gasteiger partial charge >= 0.3 is 0 Å². The van der Waals surface area contributed by atoms with Crippen LogP contribution in [0.15, 0.2) is 42.5 Å². The van der Waals surface area contributed by atoms with Crippen molar-refractivity contribution in [2.45, 2.75) is 6.54 Å². The number of halogens is 1. The molecule has 0 aliphatic rings. The maximum atomic E-state index is 13.3. The first-order valence-corrected chi connectivity index (χ1v) is 5.82. The van der Waals surface area contributed by atoms with Crippen molar-refractivity contribution in [2.24, 2.45) is 0 Å². The second-order valence-corrected chi connectivity index (χ2v) is 4.03. The maximum Gasteiger partial charge on any atom is 0.126 e. The minimum Gasteiger partial charge on any atom is -0.496 e. The summed E-state index contributed by atoms with van der Waals surface area (Å²) in [6.07, 6.45) is 0. The van der Waals surface area contributed by atoms with Crippen LogP contribution in [0, 0.1) is 5.82 Å². The van der Waals surface area contributed by atoms with Crippen LogP contribution in [0.4, 0.5) is 4.39 Å². The highest BCUT2D eigenvalue weighted by molar-refractivity contribution is 5.73. The van der Waals surface area contributed by atoms with E-state index in [9.17, 15) is 4.39 Å². The molecule has 0 radical (unpaired) electrons. The average Bonchev–Trinajstić information content (AvgIpc) is 2.39. The Balaban J connectivity index is 2.55. The molecule has 2 aromatic rings. The fraction of sp³-hybridized carbons (Fsp3) is 0.200. The van der Waals surface area contributed by atoms with Crippen molar-refractivity contribution in [3.05, 3.63) is 53.8 Å². The number of nitrogens with one attached hydrogen (secondary N) is 1. The summed E-state index contributed by atoms with van der Waals surface area (Å²) in [5.74, 6) is 0.570. The van der Waals surface area contributed by atoms with E-state index in [2.05, 4.69) is 5.32 Å². The lowest BCUT2D eigenvalue weighted by Crippen LogP contribution is -2.07. The van der Waals surface area contributed by atoms with Crippen molar-refractivity contribution in [2.75, 3.05) is 14.2 Å². The van der Waals surface area contributed by atoms with Gasteiger partial charge in [0.2, 0.25) is 0 Å². The van der Waals surface area contributed by atoms with Crippen molar-refractivity contribution in [1.29, 1.82) is 0 Å². The van der Waals surface area contributed by atoms with E-state index in [1.807, 2.05) is 31.3 Å². The normalized spacial score (nSPS) is 10.4. The molecule has 2 nitrogen and oxygen atoms in total. The van der Waals surface area contributed by atoms with Gasteiger partial charge in [0.25, 0.3) is 0 Å². The molecule has 0 saturated carbocycles. The molecule has 0 aliphatic carbocycles. The molecule has 1 N–H and O–H groups in total. The summed E-state index contributed by atoms with van der Waals surface area (Å²) < 4.78 is 18.7. The third kappa shape index (κ3) is 2.51. The second-order valence-electron chi connectivity index (χ2n) is 4.03. The Morgan fingerprint density at radius 1 is 1.11 bits per heavy atom. The van der Waals surface area contributed by atoms with Crippen LogP contribution < -0.4 is 10.1 Å². The van der Waals surface area contributed by atoms with Gasteiger partial charge in [0.15, 0.2) is 0 Å². The monoisotopic (exact) mass is 245 g/mol. The van der Waals surface area contributed by atoms with Crippen molar-refractivity contribution < 1.29 is 9.13 Å². The molecule has 0 unspecified atom stereocenters. The van der Waals surface area contributed by atoms with E-state index in [4.69, 9.17) is 4.74 Å². The predicted molar refractivity (Wildman–Crippen MR) is 71.2 cm³/mol. The van der Waals surface area contributed by atoms with E-state index in [1.165, 1.54) is 6.07 Å². The summed E-state index contributed by atoms with van der Waals surface area (Å²) in [6, 6.07) is 12.6. The van der Waals surface area contributed by atoms with Gasteiger partial charge in [-0.05, 0) is 36.4 Å². The zero-order valence-corrected chi connectivity index (χ0v) is 10.5. The van der Waals surface area contributed by atoms with Crippen LogP contribution in [0.2, 0.25) is 0 Å². The van der Waals surface area contributed by atoms with Crippen LogP contribution in [0.1, 0.15) is 5.56 Å². The molecule has 0 aromatic heterocycles. The molecular weight excluding hydrogens is 229 g/mol. The summed E-state index contributed by atoms with van der Waals surface area (Å²) in [5.41, 5.74) is 2.88. The van der Waals surface area contributed by atoms with Crippen LogP contribution in [0.3, 0.4) is 0 Å². The van der Waals surface area contributed by atoms with E-state index < -0.39 is 0 Å². The number of rotatable bonds is 4. The zero-order chi connectivity index (χ0) is 13.0. The van der Waals surface area contributed by atoms with Crippen molar-refractivity contribution in [1.82, 2.24) is 5.32 Å². The van der Waals surface area contributed by atoms with Gasteiger partial charge in [-0.3, -0.25) is 0 Å². The van der Waals surface area contributed by atoms with Crippen molar-refractivity contribution >= 4 is 0 Å². The number of hydrogen-bond donors (Lipinski definition) is 1. The first-order valence-electron chi connectivity index (χ1n) is 5.82. The van der Waals surface area contributed by atoms with Crippen LogP contribution >= 0.6 is 0 Å². The average molecular weight is 245 g/mol. The summed E-state index contributed by atoms with van der Waals surface area (Å²) in [6.45, 7) is 0.616. The molecule has 94 valence electrons. The van der Waals surface area contributed by atoms with Crippen molar-refractivity contribution in [3.63, 3.8) is 0 Å². The smallest absolute Gasteiger partial charge is 0.126 e. The van der Waals surface area contributed by atoms with E-state index in [0.717, 1.165) is 22.4 Å². The number of methoxy groups -OCH3 is 1. The summed E-state index contributed by atoms with van der Waals surface area (Å²) >= 11 is 0. The molecular formula is C15H16FNO. The molecule has 0 spiro atoms. The fourth-order valence-corrected chi connectivity index (χ4v) is 2.03. The Bertz CT molecular complexity index is 540. The molecule has 2 rings (SSSR count). The third-order valence-corrected chi connectivity index (χ3v) is 2.83. The quantitative estimate of drug-likeness (QED) is 0.893. The van der Waals surface area contributed by atoms with Gasteiger partial charge in [-0.1, -0.05) is 24.3 Å². The second kappa shape index (κ2) is 5.65. The highest BCUT2D eigenvalue weighted by Gasteiger charge is 2.10. The molecule has 0 fully saturated rings. The highest BCUT2D eigenvalue weighted by atomic mass is 19.1. The molecule has 0 aliphatic heterocycles. The minimum atomic E-state index is -0.223. The number of hydrogen-bond acceptors (Lipinski definition) is 2. The number of benzene rings is 2. The summed E-state index contributed by atoms with van der Waals surface area (Å²) in [4.78, 5) is 0. The Hall–Kier alpha value is -1.87. The number of para-hydroxylation sites is 1. The van der Waals surface area contributed by atoms with E-state index in [-0.39, 0.29) is 5.82 Å². The van der Waals surface area contributed by atoms with Crippen LogP contribution in [0.25, 0.3) is 11.1 Å². The molecule has 2 aromatic carbocycles. The largest absolute Gasteiger partial charge is 0.496 e. The summed E-state index contributed by atoms with van der Waals surface area (Å²) in [7, 11) is 3.48. The van der Waals surface area contributed by atoms with Gasteiger partial charge in [0, 0.05) is 12.1 Å². The minimum absolute atomic E-state index is 0.223. The van der Waals surface area contributed by atoms with E-state index in [1.54, 1.807) is 19.2 Å². The SMILES string of the molecule is CNCc1cc(F)ccc1-c1ccccc1OC. The van der Waals surface area contributed by atoms with Crippen LogP contribution in [0.5, 0.6) is 5.75 Å². The van der Waals surface area contributed by atoms with Crippen LogP contribution in [-0.4, -0.2) is 14.2 Å². The van der Waals surface area contributed by atoms with E-state index >= 15 is 0 Å². The Labute approximate surface area is 106 Å². The van der Waals surface area contributed by atoms with Gasteiger partial charge in [-0.25, -0.2) is 4.39 Å². The lowest BCUT2D eigenvalue weighted by atomic mass is 9.98. The molecule has 0 atom stereocenters. The first-order chi connectivity index (χ1) is 8.76. The molecule has 18 heavy (non-hydrogen) atoms. The van der Waals surface area contributed by atoms with E-state index in [0.29, 0.717) is 6.54 Å². The Morgan fingerprint density at radius 2 is 1.89 bits per heavy atom. The Kier molecular flexibility index (Phi) is 3.95. The van der Waals surface area contributed by atoms with Crippen molar-refractivity contribution in [3.8, 4) is 16.9 Å². The topological polar surface area (TPSA) is 21.3 Å². The fourth-order valence-electron chi connectivity index (χ4n) is 2.03. The lowest BCUT2D eigenvalue weighted by Gasteiger charge is -2.13. The molecule has 0 saturated heterocycles. The number of ether oxygens (including phenoxy) is 1. The molecule has 0 amide bonds. The Morgan fingerprint density at radius 3 is 2.61 bits per heavy atom. The van der Waals surface area contributed by atoms with Gasteiger partial charge in [-0.2, -0.15) is 0 Å². The van der Waals surface area contributed by atoms with Gasteiger partial charge < -0.3 is 10.1 Å². The van der Waals surface area contributed by atoms with Gasteiger partial charge in [-0.15, -0.1) is 0 Å². The first kappa shape index (κ1) is 12.6. The maximum absolute atomic E-state index is 13.3. The molecule has 0 heterocycles. The molecule has 0 bridgehead atoms. The summed E-state index contributed by atoms with van der Waals surface area (Å²) in [5, 5.41) is 3.05.